The van der Waals surface area contributed by atoms with E-state index in [1.165, 1.54) is 6.33 Å². The van der Waals surface area contributed by atoms with Crippen LogP contribution in [-0.2, 0) is 4.84 Å². The lowest BCUT2D eigenvalue weighted by Gasteiger charge is -2.22. The van der Waals surface area contributed by atoms with Gasteiger partial charge in [0.1, 0.15) is 18.4 Å². The molecule has 0 saturated carbocycles. The zero-order valence-electron chi connectivity index (χ0n) is 16.3. The van der Waals surface area contributed by atoms with Crippen LogP contribution in [0.15, 0.2) is 42.1 Å². The third-order valence-electron chi connectivity index (χ3n) is 3.85. The van der Waals surface area contributed by atoms with E-state index in [1.54, 1.807) is 30.1 Å². The van der Waals surface area contributed by atoms with Gasteiger partial charge in [-0.3, -0.25) is 0 Å². The Morgan fingerprint density at radius 3 is 2.55 bits per heavy atom. The molecule has 0 unspecified atom stereocenters. The van der Waals surface area contributed by atoms with Crippen molar-refractivity contribution in [2.75, 3.05) is 0 Å². The first kappa shape index (κ1) is 20.8. The first-order chi connectivity index (χ1) is 13.8. The van der Waals surface area contributed by atoms with E-state index < -0.39 is 11.4 Å². The van der Waals surface area contributed by atoms with E-state index in [0.717, 1.165) is 17.1 Å². The van der Waals surface area contributed by atoms with Crippen molar-refractivity contribution >= 4 is 46.6 Å². The topological polar surface area (TPSA) is 95.2 Å². The van der Waals surface area contributed by atoms with E-state index >= 15 is 0 Å². The minimum atomic E-state index is -0.608. The quantitative estimate of drug-likeness (QED) is 0.339. The Balaban J connectivity index is 2.04. The number of rotatable bonds is 5. The maximum Gasteiger partial charge on any atom is 0.379 e. The van der Waals surface area contributed by atoms with Gasteiger partial charge in [-0.25, -0.2) is 14.5 Å². The molecule has 0 N–H and O–H groups in total. The summed E-state index contributed by atoms with van der Waals surface area (Å²) in [6.45, 7) is 7.58. The highest BCUT2D eigenvalue weighted by Crippen LogP contribution is 2.27. The summed E-state index contributed by atoms with van der Waals surface area (Å²) in [6.07, 6.45) is 4.86. The molecule has 3 aromatic rings. The second-order valence-electron chi connectivity index (χ2n) is 7.18. The maximum absolute atomic E-state index is 12.4. The number of hydrogen-bond donors (Lipinski definition) is 0. The Bertz CT molecular complexity index is 1050. The predicted octanol–water partition coefficient (Wildman–Crippen LogP) is 4.35. The molecular formula is C19H19ClN6O2S. The van der Waals surface area contributed by atoms with Crippen molar-refractivity contribution in [3.8, 4) is 0 Å². The number of halogens is 1. The van der Waals surface area contributed by atoms with Gasteiger partial charge in [-0.15, -0.1) is 5.10 Å². The van der Waals surface area contributed by atoms with Crippen LogP contribution in [0.4, 0.5) is 0 Å². The van der Waals surface area contributed by atoms with E-state index in [1.807, 2.05) is 39.0 Å². The van der Waals surface area contributed by atoms with Gasteiger partial charge in [0.15, 0.2) is 4.88 Å². The van der Waals surface area contributed by atoms with E-state index in [-0.39, 0.29) is 0 Å². The molecule has 0 bridgehead atoms. The van der Waals surface area contributed by atoms with E-state index in [9.17, 15) is 4.79 Å². The summed E-state index contributed by atoms with van der Waals surface area (Å²) in [4.78, 5) is 22.0. The molecule has 3 rings (SSSR count). The average molecular weight is 431 g/mol. The summed E-state index contributed by atoms with van der Waals surface area (Å²) in [7, 11) is 0. The summed E-state index contributed by atoms with van der Waals surface area (Å²) in [5.74, 6) is -0.608. The van der Waals surface area contributed by atoms with Crippen LogP contribution in [0.5, 0.6) is 0 Å². The van der Waals surface area contributed by atoms with Crippen LogP contribution in [0.2, 0.25) is 5.02 Å². The molecule has 0 spiro atoms. The molecule has 0 aliphatic rings. The summed E-state index contributed by atoms with van der Waals surface area (Å²) < 4.78 is 5.33. The van der Waals surface area contributed by atoms with Gasteiger partial charge in [0, 0.05) is 10.4 Å². The summed E-state index contributed by atoms with van der Waals surface area (Å²) in [5, 5.41) is 12.9. The molecule has 2 heterocycles. The van der Waals surface area contributed by atoms with Crippen molar-refractivity contribution in [1.29, 1.82) is 0 Å². The molecule has 2 aromatic heterocycles. The van der Waals surface area contributed by atoms with Crippen LogP contribution in [0, 0.1) is 12.3 Å². The fourth-order valence-electron chi connectivity index (χ4n) is 2.41. The Labute approximate surface area is 177 Å². The third-order valence-corrected chi connectivity index (χ3v) is 4.91. The Morgan fingerprint density at radius 1 is 1.28 bits per heavy atom. The van der Waals surface area contributed by atoms with Gasteiger partial charge in [-0.1, -0.05) is 54.1 Å². The molecule has 10 heteroatoms. The first-order valence-corrected chi connectivity index (χ1v) is 9.82. The molecule has 150 valence electrons. The minimum Gasteiger partial charge on any atom is -0.311 e. The number of nitrogens with zero attached hydrogens (tertiary/aromatic N) is 6. The van der Waals surface area contributed by atoms with Gasteiger partial charge < -0.3 is 4.84 Å². The first-order valence-electron chi connectivity index (χ1n) is 8.67. The predicted molar refractivity (Wildman–Crippen MR) is 113 cm³/mol. The Morgan fingerprint density at radius 2 is 2.00 bits per heavy atom. The molecular weight excluding hydrogens is 412 g/mol. The van der Waals surface area contributed by atoms with E-state index in [4.69, 9.17) is 16.4 Å². The molecule has 29 heavy (non-hydrogen) atoms. The molecule has 1 aromatic carbocycles. The lowest BCUT2D eigenvalue weighted by molar-refractivity contribution is 0.0518. The number of carbonyl (C=O) groups is 1. The van der Waals surface area contributed by atoms with Gasteiger partial charge in [-0.05, 0) is 42.2 Å². The van der Waals surface area contributed by atoms with Gasteiger partial charge in [0.25, 0.3) is 0 Å². The average Bonchev–Trinajstić information content (AvgIpc) is 3.33. The highest BCUT2D eigenvalue weighted by atomic mass is 35.5. The summed E-state index contributed by atoms with van der Waals surface area (Å²) in [5.41, 5.74) is 2.04. The smallest absolute Gasteiger partial charge is 0.311 e. The number of allylic oxidation sites excluding steroid dienone is 1. The second kappa shape index (κ2) is 8.62. The second-order valence-corrected chi connectivity index (χ2v) is 8.37. The number of aryl methyl sites for hydroxylation is 1. The molecule has 0 amide bonds. The fraction of sp³-hybridized carbons (Fsp3) is 0.263. The van der Waals surface area contributed by atoms with Crippen LogP contribution in [0.25, 0.3) is 11.8 Å². The molecule has 0 atom stereocenters. The van der Waals surface area contributed by atoms with Crippen molar-refractivity contribution in [3.63, 3.8) is 0 Å². The standard InChI is InChI=1S/C19H19ClN6O2S/c1-12-16(29-25-23-12)18(27)28-24-17(19(2,3)4)15(26-11-21-10-22-26)9-13-5-7-14(20)8-6-13/h5-11H,1-4H3/b15-9-,24-17-. The van der Waals surface area contributed by atoms with Crippen LogP contribution >= 0.6 is 23.1 Å². The fourth-order valence-corrected chi connectivity index (χ4v) is 3.06. The molecule has 0 radical (unpaired) electrons. The molecule has 8 nitrogen and oxygen atoms in total. The largest absolute Gasteiger partial charge is 0.379 e. The monoisotopic (exact) mass is 430 g/mol. The number of benzene rings is 1. The summed E-state index contributed by atoms with van der Waals surface area (Å²) in [6, 6.07) is 7.33. The van der Waals surface area contributed by atoms with Crippen LogP contribution in [-0.4, -0.2) is 36.0 Å². The number of carbonyl (C=O) groups excluding carboxylic acids is 1. The van der Waals surface area contributed by atoms with Crippen molar-refractivity contribution in [2.45, 2.75) is 27.7 Å². The zero-order chi connectivity index (χ0) is 21.0. The van der Waals surface area contributed by atoms with Crippen molar-refractivity contribution in [3.05, 3.63) is 58.1 Å². The van der Waals surface area contributed by atoms with Crippen molar-refractivity contribution in [2.24, 2.45) is 10.6 Å². The number of hydrogen-bond acceptors (Lipinski definition) is 8. The number of oxime groups is 1. The van der Waals surface area contributed by atoms with Gasteiger partial charge in [0.05, 0.1) is 11.4 Å². The Kier molecular flexibility index (Phi) is 6.19. The van der Waals surface area contributed by atoms with Crippen molar-refractivity contribution in [1.82, 2.24) is 24.4 Å². The zero-order valence-corrected chi connectivity index (χ0v) is 17.9. The lowest BCUT2D eigenvalue weighted by atomic mass is 9.87. The number of aromatic nitrogens is 5. The highest BCUT2D eigenvalue weighted by Gasteiger charge is 2.27. The molecule has 0 fully saturated rings. The normalized spacial score (nSPS) is 12.9. The maximum atomic E-state index is 12.4. The minimum absolute atomic E-state index is 0.311. The SMILES string of the molecule is Cc1nnsc1C(=O)O/N=C(/C(=C/c1ccc(Cl)cc1)n1cncn1)C(C)(C)C. The van der Waals surface area contributed by atoms with Crippen LogP contribution in [0.1, 0.15) is 41.7 Å². The van der Waals surface area contributed by atoms with Gasteiger partial charge in [0.2, 0.25) is 0 Å². The molecule has 0 aliphatic carbocycles. The van der Waals surface area contributed by atoms with Crippen LogP contribution < -0.4 is 0 Å². The van der Waals surface area contributed by atoms with Gasteiger partial charge >= 0.3 is 5.97 Å². The van der Waals surface area contributed by atoms with Crippen LogP contribution in [0.3, 0.4) is 0 Å². The van der Waals surface area contributed by atoms with Gasteiger partial charge in [-0.2, -0.15) is 5.10 Å². The highest BCUT2D eigenvalue weighted by molar-refractivity contribution is 7.07. The molecule has 0 saturated heterocycles. The summed E-state index contributed by atoms with van der Waals surface area (Å²) >= 11 is 6.96. The third kappa shape index (κ3) is 5.12. The Hall–Kier alpha value is -2.91. The van der Waals surface area contributed by atoms with E-state index in [2.05, 4.69) is 24.8 Å². The van der Waals surface area contributed by atoms with E-state index in [0.29, 0.717) is 27.0 Å². The molecule has 0 aliphatic heterocycles. The van der Waals surface area contributed by atoms with Crippen molar-refractivity contribution < 1.29 is 9.63 Å². The lowest BCUT2D eigenvalue weighted by Crippen LogP contribution is -2.25.